The fraction of sp³-hybridized carbons (Fsp3) is 0.652. The molecule has 9 heteroatoms. The molecule has 0 saturated carbocycles. The van der Waals surface area contributed by atoms with E-state index in [4.69, 9.17) is 14.2 Å². The lowest BCUT2D eigenvalue weighted by Crippen LogP contribution is -2.37. The topological polar surface area (TPSA) is 93.2 Å². The predicted molar refractivity (Wildman–Crippen MR) is 141 cm³/mol. The Morgan fingerprint density at radius 2 is 1.81 bits per heavy atom. The molecule has 1 amide bonds. The molecule has 0 heterocycles. The molecule has 0 radical (unpaired) electrons. The Balaban J connectivity index is 0.00000961. The van der Waals surface area contributed by atoms with Gasteiger partial charge < -0.3 is 30.2 Å². The van der Waals surface area contributed by atoms with Gasteiger partial charge in [0.25, 0.3) is 0 Å². The van der Waals surface area contributed by atoms with Crippen molar-refractivity contribution < 1.29 is 19.0 Å². The number of aliphatic imine (C=N–C) groups is 1. The quantitative estimate of drug-likeness (QED) is 0.130. The van der Waals surface area contributed by atoms with E-state index in [1.807, 2.05) is 52.0 Å². The summed E-state index contributed by atoms with van der Waals surface area (Å²) in [6, 6.07) is 7.91. The van der Waals surface area contributed by atoms with Crippen molar-refractivity contribution in [3.05, 3.63) is 24.3 Å². The Labute approximate surface area is 210 Å². The van der Waals surface area contributed by atoms with E-state index >= 15 is 0 Å². The second kappa shape index (κ2) is 18.9. The van der Waals surface area contributed by atoms with E-state index in [2.05, 4.69) is 20.9 Å². The van der Waals surface area contributed by atoms with Gasteiger partial charge in [-0.05, 0) is 57.9 Å². The molecule has 32 heavy (non-hydrogen) atoms. The van der Waals surface area contributed by atoms with Gasteiger partial charge in [0.1, 0.15) is 5.75 Å². The molecule has 3 N–H and O–H groups in total. The molecular weight excluding hydrogens is 523 g/mol. The van der Waals surface area contributed by atoms with Crippen LogP contribution in [0.15, 0.2) is 29.3 Å². The summed E-state index contributed by atoms with van der Waals surface area (Å²) in [5.41, 5.74) is 0.891. The SMILES string of the molecule is CCC(C)NC(=O)CCNC(=NCCCOCCOC)Nc1ccc(OC(C)C)cc1.I. The Bertz CT molecular complexity index is 641. The van der Waals surface area contributed by atoms with Crippen LogP contribution < -0.4 is 20.7 Å². The third-order valence-electron chi connectivity index (χ3n) is 4.30. The number of guanidine groups is 1. The van der Waals surface area contributed by atoms with E-state index < -0.39 is 0 Å². The van der Waals surface area contributed by atoms with Crippen LogP contribution in [0.3, 0.4) is 0 Å². The first-order valence-corrected chi connectivity index (χ1v) is 11.1. The van der Waals surface area contributed by atoms with Crippen molar-refractivity contribution in [1.29, 1.82) is 0 Å². The first-order valence-electron chi connectivity index (χ1n) is 11.1. The Morgan fingerprint density at radius 1 is 1.09 bits per heavy atom. The summed E-state index contributed by atoms with van der Waals surface area (Å²) in [6.45, 7) is 10.9. The van der Waals surface area contributed by atoms with Crippen LogP contribution >= 0.6 is 24.0 Å². The molecule has 0 aromatic heterocycles. The number of rotatable bonds is 15. The summed E-state index contributed by atoms with van der Waals surface area (Å²) in [5, 5.41) is 9.49. The number of methoxy groups -OCH3 is 1. The van der Waals surface area contributed by atoms with E-state index in [9.17, 15) is 4.79 Å². The Morgan fingerprint density at radius 3 is 2.44 bits per heavy atom. The normalized spacial score (nSPS) is 12.1. The van der Waals surface area contributed by atoms with Gasteiger partial charge in [-0.3, -0.25) is 9.79 Å². The van der Waals surface area contributed by atoms with Gasteiger partial charge in [-0.1, -0.05) is 6.92 Å². The molecule has 1 aromatic carbocycles. The average molecular weight is 565 g/mol. The van der Waals surface area contributed by atoms with Crippen LogP contribution in [-0.2, 0) is 14.3 Å². The second-order valence-electron chi connectivity index (χ2n) is 7.56. The molecule has 0 saturated heterocycles. The fourth-order valence-electron chi connectivity index (χ4n) is 2.51. The zero-order chi connectivity index (χ0) is 22.9. The first kappa shape index (κ1) is 30.4. The summed E-state index contributed by atoms with van der Waals surface area (Å²) in [6.07, 6.45) is 2.22. The van der Waals surface area contributed by atoms with Crippen molar-refractivity contribution >= 4 is 41.5 Å². The van der Waals surface area contributed by atoms with Crippen molar-refractivity contribution in [3.8, 4) is 5.75 Å². The number of carbonyl (C=O) groups is 1. The second-order valence-corrected chi connectivity index (χ2v) is 7.56. The molecule has 0 spiro atoms. The zero-order valence-corrected chi connectivity index (χ0v) is 22.4. The number of hydrogen-bond acceptors (Lipinski definition) is 5. The van der Waals surface area contributed by atoms with Crippen molar-refractivity contribution in [1.82, 2.24) is 10.6 Å². The smallest absolute Gasteiger partial charge is 0.221 e. The lowest BCUT2D eigenvalue weighted by molar-refractivity contribution is -0.121. The van der Waals surface area contributed by atoms with E-state index in [-0.39, 0.29) is 42.0 Å². The van der Waals surface area contributed by atoms with Gasteiger partial charge in [0, 0.05) is 45.0 Å². The monoisotopic (exact) mass is 564 g/mol. The molecule has 184 valence electrons. The van der Waals surface area contributed by atoms with Gasteiger partial charge >= 0.3 is 0 Å². The number of halogens is 1. The van der Waals surface area contributed by atoms with Crippen LogP contribution in [0.25, 0.3) is 0 Å². The molecular formula is C23H41IN4O4. The number of carbonyl (C=O) groups excluding carboxylic acids is 1. The molecule has 0 aliphatic heterocycles. The molecule has 0 aliphatic carbocycles. The Kier molecular flexibility index (Phi) is 18.0. The van der Waals surface area contributed by atoms with Crippen LogP contribution in [0, 0.1) is 0 Å². The summed E-state index contributed by atoms with van der Waals surface area (Å²) >= 11 is 0. The van der Waals surface area contributed by atoms with E-state index in [1.54, 1.807) is 7.11 Å². The van der Waals surface area contributed by atoms with Crippen LogP contribution in [0.2, 0.25) is 0 Å². The van der Waals surface area contributed by atoms with Crippen LogP contribution in [0.4, 0.5) is 5.69 Å². The maximum atomic E-state index is 12.0. The molecule has 0 aliphatic rings. The van der Waals surface area contributed by atoms with Crippen LogP contribution in [0.5, 0.6) is 5.75 Å². The van der Waals surface area contributed by atoms with E-state index in [0.29, 0.717) is 45.3 Å². The maximum Gasteiger partial charge on any atom is 0.221 e. The molecule has 1 aromatic rings. The number of benzene rings is 1. The number of ether oxygens (including phenoxy) is 3. The molecule has 0 fully saturated rings. The fourth-order valence-corrected chi connectivity index (χ4v) is 2.51. The third-order valence-corrected chi connectivity index (χ3v) is 4.30. The predicted octanol–water partition coefficient (Wildman–Crippen LogP) is 3.81. The van der Waals surface area contributed by atoms with Crippen molar-refractivity contribution in [2.75, 3.05) is 45.3 Å². The van der Waals surface area contributed by atoms with Crippen molar-refractivity contribution in [2.24, 2.45) is 4.99 Å². The minimum atomic E-state index is 0. The number of hydrogen-bond donors (Lipinski definition) is 3. The van der Waals surface area contributed by atoms with Crippen molar-refractivity contribution in [2.45, 2.75) is 59.1 Å². The summed E-state index contributed by atoms with van der Waals surface area (Å²) in [7, 11) is 1.65. The summed E-state index contributed by atoms with van der Waals surface area (Å²) in [4.78, 5) is 16.6. The number of anilines is 1. The van der Waals surface area contributed by atoms with Gasteiger partial charge in [0.15, 0.2) is 5.96 Å². The molecule has 1 atom stereocenters. The van der Waals surface area contributed by atoms with Gasteiger partial charge in [0.05, 0.1) is 19.3 Å². The minimum absolute atomic E-state index is 0. The van der Waals surface area contributed by atoms with E-state index in [1.165, 1.54) is 0 Å². The van der Waals surface area contributed by atoms with Gasteiger partial charge in [-0.2, -0.15) is 0 Å². The summed E-state index contributed by atoms with van der Waals surface area (Å²) < 4.78 is 16.1. The largest absolute Gasteiger partial charge is 0.491 e. The van der Waals surface area contributed by atoms with Gasteiger partial charge in [0.2, 0.25) is 5.91 Å². The molecule has 1 rings (SSSR count). The van der Waals surface area contributed by atoms with Gasteiger partial charge in [-0.15, -0.1) is 24.0 Å². The van der Waals surface area contributed by atoms with Crippen LogP contribution in [-0.4, -0.2) is 64.0 Å². The number of nitrogens with zero attached hydrogens (tertiary/aromatic N) is 1. The highest BCUT2D eigenvalue weighted by Crippen LogP contribution is 2.16. The number of amides is 1. The zero-order valence-electron chi connectivity index (χ0n) is 20.1. The standard InChI is InChI=1S/C23H40N4O4.HI/c1-6-19(4)26-22(28)12-14-25-23(24-13-7-15-30-17-16-29-5)27-20-8-10-21(11-9-20)31-18(2)3;/h8-11,18-19H,6-7,12-17H2,1-5H3,(H,26,28)(H2,24,25,27);1H. The summed E-state index contributed by atoms with van der Waals surface area (Å²) in [5.74, 6) is 1.48. The highest BCUT2D eigenvalue weighted by Gasteiger charge is 2.07. The number of nitrogens with one attached hydrogen (secondary N) is 3. The molecule has 0 bridgehead atoms. The maximum absolute atomic E-state index is 12.0. The highest BCUT2D eigenvalue weighted by molar-refractivity contribution is 14.0. The minimum Gasteiger partial charge on any atom is -0.491 e. The average Bonchev–Trinajstić information content (AvgIpc) is 2.73. The highest BCUT2D eigenvalue weighted by atomic mass is 127. The molecule has 1 unspecified atom stereocenters. The Hall–Kier alpha value is -1.59. The lowest BCUT2D eigenvalue weighted by Gasteiger charge is -2.15. The van der Waals surface area contributed by atoms with Crippen molar-refractivity contribution in [3.63, 3.8) is 0 Å². The molecule has 8 nitrogen and oxygen atoms in total. The lowest BCUT2D eigenvalue weighted by atomic mass is 10.2. The van der Waals surface area contributed by atoms with Gasteiger partial charge in [-0.25, -0.2) is 0 Å². The van der Waals surface area contributed by atoms with Crippen LogP contribution in [0.1, 0.15) is 47.0 Å². The first-order chi connectivity index (χ1) is 14.9. The third kappa shape index (κ3) is 15.3. The van der Waals surface area contributed by atoms with E-state index in [0.717, 1.165) is 24.3 Å².